The van der Waals surface area contributed by atoms with Gasteiger partial charge in [-0.25, -0.2) is 24.9 Å². The van der Waals surface area contributed by atoms with E-state index < -0.39 is 0 Å². The van der Waals surface area contributed by atoms with Crippen molar-refractivity contribution in [3.8, 4) is 22.4 Å². The number of nitrogens with zero attached hydrogens (tertiary/aromatic N) is 5. The molecule has 9 heteroatoms. The molecule has 8 nitrogen and oxygen atoms in total. The van der Waals surface area contributed by atoms with E-state index in [-0.39, 0.29) is 6.54 Å². The molecule has 0 unspecified atom stereocenters. The maximum Gasteiger partial charge on any atom is 0.222 e. The Morgan fingerprint density at radius 3 is 2.64 bits per heavy atom. The van der Waals surface area contributed by atoms with Crippen LogP contribution in [0.15, 0.2) is 53.5 Å². The lowest BCUT2D eigenvalue weighted by Gasteiger charge is -2.11. The normalized spacial score (nSPS) is 10.8. The van der Waals surface area contributed by atoms with Crippen LogP contribution in [0.1, 0.15) is 0 Å². The number of aldehydes is 1. The molecule has 3 heterocycles. The van der Waals surface area contributed by atoms with Crippen molar-refractivity contribution in [3.63, 3.8) is 0 Å². The molecule has 3 N–H and O–H groups in total. The van der Waals surface area contributed by atoms with Crippen LogP contribution in [0.4, 0.5) is 11.8 Å². The molecule has 0 aliphatic rings. The first-order valence-electron chi connectivity index (χ1n) is 8.33. The maximum atomic E-state index is 10.5. The van der Waals surface area contributed by atoms with Crippen LogP contribution in [0.25, 0.3) is 33.4 Å². The second-order valence-electron chi connectivity index (χ2n) is 5.87. The number of anilines is 2. The second-order valence-corrected chi connectivity index (χ2v) is 6.78. The number of nitrogens with one attached hydrogen (secondary N) is 1. The largest absolute Gasteiger partial charge is 0.383 e. The number of hydrogen-bond donors (Lipinski definition) is 2. The van der Waals surface area contributed by atoms with Gasteiger partial charge in [0.2, 0.25) is 5.95 Å². The molecular weight excluding hydrogens is 422 g/mol. The van der Waals surface area contributed by atoms with Crippen molar-refractivity contribution in [2.75, 3.05) is 17.6 Å². The van der Waals surface area contributed by atoms with Gasteiger partial charge < -0.3 is 15.8 Å². The van der Waals surface area contributed by atoms with Crippen LogP contribution >= 0.6 is 15.9 Å². The number of hydrogen-bond acceptors (Lipinski definition) is 8. The lowest BCUT2D eigenvalue weighted by molar-refractivity contribution is -0.106. The van der Waals surface area contributed by atoms with Crippen molar-refractivity contribution in [2.24, 2.45) is 0 Å². The molecule has 1 aromatic carbocycles. The van der Waals surface area contributed by atoms with Gasteiger partial charge in [0.25, 0.3) is 0 Å². The lowest BCUT2D eigenvalue weighted by Crippen LogP contribution is -2.05. The average molecular weight is 436 g/mol. The Labute approximate surface area is 168 Å². The van der Waals surface area contributed by atoms with Crippen LogP contribution in [0.2, 0.25) is 0 Å². The van der Waals surface area contributed by atoms with Gasteiger partial charge in [0, 0.05) is 22.4 Å². The predicted molar refractivity (Wildman–Crippen MR) is 110 cm³/mol. The maximum absolute atomic E-state index is 10.5. The smallest absolute Gasteiger partial charge is 0.222 e. The zero-order chi connectivity index (χ0) is 19.5. The minimum absolute atomic E-state index is 0.150. The van der Waals surface area contributed by atoms with Gasteiger partial charge in [0.05, 0.1) is 17.6 Å². The number of nitrogens with two attached hydrogens (primary N) is 1. The first-order chi connectivity index (χ1) is 13.7. The molecular formula is C19H14BrN7O. The fourth-order valence-electron chi connectivity index (χ4n) is 2.80. The van der Waals surface area contributed by atoms with E-state index in [0.29, 0.717) is 34.1 Å². The highest BCUT2D eigenvalue weighted by molar-refractivity contribution is 9.10. The molecule has 138 valence electrons. The van der Waals surface area contributed by atoms with E-state index in [1.807, 2.05) is 30.3 Å². The van der Waals surface area contributed by atoms with E-state index in [1.54, 1.807) is 12.4 Å². The highest BCUT2D eigenvalue weighted by Crippen LogP contribution is 2.34. The van der Waals surface area contributed by atoms with Gasteiger partial charge in [-0.1, -0.05) is 28.1 Å². The molecule has 28 heavy (non-hydrogen) atoms. The molecule has 0 bridgehead atoms. The number of benzene rings is 1. The number of carbonyl (C=O) groups is 1. The van der Waals surface area contributed by atoms with E-state index in [4.69, 9.17) is 5.73 Å². The summed E-state index contributed by atoms with van der Waals surface area (Å²) in [5, 5.41) is 3.49. The summed E-state index contributed by atoms with van der Waals surface area (Å²) in [5.74, 6) is 0.735. The van der Waals surface area contributed by atoms with Gasteiger partial charge in [-0.2, -0.15) is 0 Å². The molecule has 4 rings (SSSR count). The van der Waals surface area contributed by atoms with Crippen molar-refractivity contribution >= 4 is 45.0 Å². The quantitative estimate of drug-likeness (QED) is 0.458. The van der Waals surface area contributed by atoms with Crippen molar-refractivity contribution in [2.45, 2.75) is 0 Å². The van der Waals surface area contributed by atoms with Gasteiger partial charge in [0.15, 0.2) is 5.65 Å². The van der Waals surface area contributed by atoms with Crippen LogP contribution in [-0.2, 0) is 4.79 Å². The Morgan fingerprint density at radius 1 is 1.07 bits per heavy atom. The highest BCUT2D eigenvalue weighted by Gasteiger charge is 2.14. The summed E-state index contributed by atoms with van der Waals surface area (Å²) in [4.78, 5) is 31.9. The second kappa shape index (κ2) is 7.65. The number of aromatic nitrogens is 5. The van der Waals surface area contributed by atoms with Gasteiger partial charge >= 0.3 is 0 Å². The highest BCUT2D eigenvalue weighted by atomic mass is 79.9. The Bertz CT molecular complexity index is 1160. The van der Waals surface area contributed by atoms with E-state index in [1.165, 1.54) is 6.33 Å². The Hall–Kier alpha value is -3.46. The monoisotopic (exact) mass is 435 g/mol. The van der Waals surface area contributed by atoms with Crippen LogP contribution in [-0.4, -0.2) is 37.8 Å². The van der Waals surface area contributed by atoms with Crippen molar-refractivity contribution < 1.29 is 4.79 Å². The zero-order valence-corrected chi connectivity index (χ0v) is 16.1. The van der Waals surface area contributed by atoms with Crippen molar-refractivity contribution in [1.29, 1.82) is 0 Å². The summed E-state index contributed by atoms with van der Waals surface area (Å²) in [6, 6.07) is 9.79. The molecule has 0 amide bonds. The SMILES string of the molecule is Nc1ncnc2nc(-c3cnc(NCC=O)nc3)cc(-c3cccc(Br)c3)c12. The van der Waals surface area contributed by atoms with Gasteiger partial charge in [-0.3, -0.25) is 0 Å². The summed E-state index contributed by atoms with van der Waals surface area (Å²) >= 11 is 3.50. The molecule has 0 radical (unpaired) electrons. The number of pyridine rings is 1. The number of rotatable bonds is 5. The number of halogens is 1. The Balaban J connectivity index is 1.87. The third-order valence-electron chi connectivity index (χ3n) is 4.06. The summed E-state index contributed by atoms with van der Waals surface area (Å²) in [6.45, 7) is 0.150. The van der Waals surface area contributed by atoms with Crippen molar-refractivity contribution in [3.05, 3.63) is 53.5 Å². The van der Waals surface area contributed by atoms with Gasteiger partial charge in [0.1, 0.15) is 18.4 Å². The number of nitrogen functional groups attached to an aromatic ring is 1. The molecule has 0 saturated carbocycles. The fourth-order valence-corrected chi connectivity index (χ4v) is 3.20. The first kappa shape index (κ1) is 17.9. The fraction of sp³-hybridized carbons (Fsp3) is 0.0526. The molecule has 0 spiro atoms. The van der Waals surface area contributed by atoms with Crippen LogP contribution in [0, 0.1) is 0 Å². The lowest BCUT2D eigenvalue weighted by atomic mass is 10.0. The number of carbonyl (C=O) groups excluding carboxylic acids is 1. The van der Waals surface area contributed by atoms with Gasteiger partial charge in [-0.15, -0.1) is 0 Å². The molecule has 0 aliphatic carbocycles. The van der Waals surface area contributed by atoms with Gasteiger partial charge in [-0.05, 0) is 29.3 Å². The molecule has 4 aromatic rings. The standard InChI is InChI=1S/C19H14BrN7O/c20-13-3-1-2-11(6-13)14-7-15(27-18-16(14)17(21)25-10-26-18)12-8-23-19(24-9-12)22-4-5-28/h1-3,5-10H,4H2,(H,22,23,24)(H2,21,25,26,27). The van der Waals surface area contributed by atoms with Crippen LogP contribution in [0.5, 0.6) is 0 Å². The molecule has 0 atom stereocenters. The Morgan fingerprint density at radius 2 is 1.89 bits per heavy atom. The molecule has 0 fully saturated rings. The molecule has 3 aromatic heterocycles. The summed E-state index contributed by atoms with van der Waals surface area (Å²) in [5.41, 5.74) is 9.80. The summed E-state index contributed by atoms with van der Waals surface area (Å²) < 4.78 is 0.945. The minimum Gasteiger partial charge on any atom is -0.383 e. The zero-order valence-electron chi connectivity index (χ0n) is 14.5. The Kier molecular flexibility index (Phi) is 4.90. The third-order valence-corrected chi connectivity index (χ3v) is 4.55. The van der Waals surface area contributed by atoms with Crippen molar-refractivity contribution in [1.82, 2.24) is 24.9 Å². The number of fused-ring (bicyclic) bond motifs is 1. The van der Waals surface area contributed by atoms with E-state index in [0.717, 1.165) is 21.9 Å². The summed E-state index contributed by atoms with van der Waals surface area (Å²) in [6.07, 6.45) is 5.42. The first-order valence-corrected chi connectivity index (χ1v) is 9.12. The third kappa shape index (κ3) is 3.52. The molecule has 0 saturated heterocycles. The van der Waals surface area contributed by atoms with E-state index >= 15 is 0 Å². The minimum atomic E-state index is 0.150. The molecule has 0 aliphatic heterocycles. The van der Waals surface area contributed by atoms with Crippen LogP contribution in [0.3, 0.4) is 0 Å². The topological polar surface area (TPSA) is 120 Å². The van der Waals surface area contributed by atoms with Crippen LogP contribution < -0.4 is 11.1 Å². The predicted octanol–water partition coefficient (Wildman–Crippen LogP) is 3.10. The average Bonchev–Trinajstić information content (AvgIpc) is 2.72. The van der Waals surface area contributed by atoms with E-state index in [2.05, 4.69) is 46.2 Å². The van der Waals surface area contributed by atoms with E-state index in [9.17, 15) is 4.79 Å². The summed E-state index contributed by atoms with van der Waals surface area (Å²) in [7, 11) is 0.